The van der Waals surface area contributed by atoms with E-state index in [-0.39, 0.29) is 46.1 Å². The number of allylic oxidation sites excluding steroid dienone is 3. The Kier molecular flexibility index (Phi) is 5.82. The van der Waals surface area contributed by atoms with Crippen LogP contribution >= 0.6 is 0 Å². The molecule has 202 valence electrons. The van der Waals surface area contributed by atoms with Gasteiger partial charge in [0.25, 0.3) is 0 Å². The van der Waals surface area contributed by atoms with Crippen LogP contribution in [0.15, 0.2) is 23.3 Å². The molecule has 0 amide bonds. The third kappa shape index (κ3) is 3.09. The van der Waals surface area contributed by atoms with Crippen LogP contribution in [0.5, 0.6) is 0 Å². The molecule has 0 spiro atoms. The van der Waals surface area contributed by atoms with Gasteiger partial charge in [-0.2, -0.15) is 0 Å². The Bertz CT molecular complexity index is 1010. The molecular formula is C31H48O5. The zero-order valence-corrected chi connectivity index (χ0v) is 23.5. The molecule has 5 aliphatic carbocycles. The van der Waals surface area contributed by atoms with Crippen molar-refractivity contribution < 1.29 is 24.9 Å². The van der Waals surface area contributed by atoms with Gasteiger partial charge in [0.1, 0.15) is 0 Å². The summed E-state index contributed by atoms with van der Waals surface area (Å²) in [5, 5.41) is 32.3. The van der Waals surface area contributed by atoms with Crippen LogP contribution in [0.3, 0.4) is 0 Å². The minimum atomic E-state index is -0.962. The fourth-order valence-electron chi connectivity index (χ4n) is 10.2. The molecule has 5 heteroatoms. The lowest BCUT2D eigenvalue weighted by atomic mass is 9.35. The van der Waals surface area contributed by atoms with Crippen molar-refractivity contribution in [1.82, 2.24) is 0 Å². The number of fused-ring (bicyclic) bond motifs is 7. The van der Waals surface area contributed by atoms with E-state index in [1.165, 1.54) is 5.57 Å². The predicted molar refractivity (Wildman–Crippen MR) is 140 cm³/mol. The number of ether oxygens (including phenoxy) is 1. The molecule has 5 nitrogen and oxygen atoms in total. The van der Waals surface area contributed by atoms with E-state index < -0.39 is 23.0 Å². The van der Waals surface area contributed by atoms with Crippen molar-refractivity contribution >= 4 is 5.97 Å². The summed E-state index contributed by atoms with van der Waals surface area (Å²) in [4.78, 5) is 13.4. The number of methoxy groups -OCH3 is 1. The van der Waals surface area contributed by atoms with Crippen molar-refractivity contribution in [3.05, 3.63) is 23.3 Å². The lowest BCUT2D eigenvalue weighted by molar-refractivity contribution is -0.174. The standard InChI is InChI=1S/C31H48O5/c1-26(2)12-14-31(25(35)36-7)15-13-29(5)19(20(31)16-26)8-9-23-27(3)17-21(33)24(34)28(4,18-32)22(27)10-11-30(23,29)6/h8,10,20-21,23-24,32-34H,9,11-18H2,1-7H3/t20-,21+,23+,24-,27-,28-,29+,30-,31+/m0/s1. The maximum Gasteiger partial charge on any atom is 0.312 e. The highest BCUT2D eigenvalue weighted by Gasteiger charge is 2.68. The molecule has 36 heavy (non-hydrogen) atoms. The average Bonchev–Trinajstić information content (AvgIpc) is 2.82. The number of esters is 1. The van der Waals surface area contributed by atoms with E-state index in [9.17, 15) is 20.1 Å². The maximum atomic E-state index is 13.4. The Morgan fingerprint density at radius 3 is 2.31 bits per heavy atom. The minimum absolute atomic E-state index is 0.0286. The number of aliphatic hydroxyl groups excluding tert-OH is 3. The molecule has 0 unspecified atom stereocenters. The van der Waals surface area contributed by atoms with Gasteiger partial charge in [-0.25, -0.2) is 0 Å². The van der Waals surface area contributed by atoms with Crippen LogP contribution in [0.1, 0.15) is 92.9 Å². The Balaban J connectivity index is 1.63. The summed E-state index contributed by atoms with van der Waals surface area (Å²) in [5.74, 6) is 0.456. The Morgan fingerprint density at radius 2 is 1.67 bits per heavy atom. The number of carbonyl (C=O) groups excluding carboxylic acids is 1. The Labute approximate surface area is 217 Å². The molecule has 9 atom stereocenters. The van der Waals surface area contributed by atoms with Gasteiger partial charge in [-0.15, -0.1) is 0 Å². The summed E-state index contributed by atoms with van der Waals surface area (Å²) in [7, 11) is 1.55. The second-order valence-electron chi connectivity index (χ2n) is 14.8. The number of aliphatic hydroxyl groups is 3. The van der Waals surface area contributed by atoms with Gasteiger partial charge in [-0.05, 0) is 84.9 Å². The van der Waals surface area contributed by atoms with Gasteiger partial charge < -0.3 is 20.1 Å². The monoisotopic (exact) mass is 500 g/mol. The maximum absolute atomic E-state index is 13.4. The van der Waals surface area contributed by atoms with Crippen LogP contribution in [-0.2, 0) is 9.53 Å². The number of rotatable bonds is 2. The van der Waals surface area contributed by atoms with E-state index in [2.05, 4.69) is 46.8 Å². The van der Waals surface area contributed by atoms with E-state index in [1.54, 1.807) is 7.11 Å². The van der Waals surface area contributed by atoms with Crippen molar-refractivity contribution in [2.75, 3.05) is 13.7 Å². The summed E-state index contributed by atoms with van der Waals surface area (Å²) in [6, 6.07) is 0. The van der Waals surface area contributed by atoms with Crippen LogP contribution in [0, 0.1) is 44.3 Å². The molecule has 0 aliphatic heterocycles. The summed E-state index contributed by atoms with van der Waals surface area (Å²) in [5.41, 5.74) is 1.11. The molecule has 0 saturated heterocycles. The first-order chi connectivity index (χ1) is 16.7. The van der Waals surface area contributed by atoms with Crippen molar-refractivity contribution in [3.8, 4) is 0 Å². The van der Waals surface area contributed by atoms with Crippen LogP contribution in [0.25, 0.3) is 0 Å². The zero-order chi connectivity index (χ0) is 26.5. The third-order valence-corrected chi connectivity index (χ3v) is 12.7. The lowest BCUT2D eigenvalue weighted by Gasteiger charge is -2.69. The van der Waals surface area contributed by atoms with Gasteiger partial charge in [0.05, 0.1) is 31.3 Å². The highest BCUT2D eigenvalue weighted by atomic mass is 16.5. The molecule has 0 aromatic carbocycles. The minimum Gasteiger partial charge on any atom is -0.469 e. The van der Waals surface area contributed by atoms with Crippen LogP contribution < -0.4 is 0 Å². The smallest absolute Gasteiger partial charge is 0.312 e. The van der Waals surface area contributed by atoms with Crippen LogP contribution in [0.2, 0.25) is 0 Å². The molecule has 0 aromatic heterocycles. The van der Waals surface area contributed by atoms with E-state index in [1.807, 2.05) is 6.92 Å². The summed E-state index contributed by atoms with van der Waals surface area (Å²) < 4.78 is 5.46. The van der Waals surface area contributed by atoms with Gasteiger partial charge in [0.15, 0.2) is 0 Å². The van der Waals surface area contributed by atoms with Crippen molar-refractivity contribution in [2.45, 2.75) is 105 Å². The van der Waals surface area contributed by atoms with Crippen molar-refractivity contribution in [3.63, 3.8) is 0 Å². The average molecular weight is 501 g/mol. The molecular weight excluding hydrogens is 452 g/mol. The Morgan fingerprint density at radius 1 is 1.00 bits per heavy atom. The van der Waals surface area contributed by atoms with Crippen LogP contribution in [-0.4, -0.2) is 47.2 Å². The first-order valence-corrected chi connectivity index (χ1v) is 14.1. The Hall–Kier alpha value is -1.17. The van der Waals surface area contributed by atoms with E-state index >= 15 is 0 Å². The molecule has 0 bridgehead atoms. The fraction of sp³-hybridized carbons (Fsp3) is 0.839. The van der Waals surface area contributed by atoms with Crippen molar-refractivity contribution in [1.29, 1.82) is 0 Å². The largest absolute Gasteiger partial charge is 0.469 e. The summed E-state index contributed by atoms with van der Waals surface area (Å²) in [6.07, 6.45) is 10.0. The highest BCUT2D eigenvalue weighted by Crippen LogP contribution is 2.74. The summed E-state index contributed by atoms with van der Waals surface area (Å²) in [6.45, 7) is 13.6. The second-order valence-corrected chi connectivity index (χ2v) is 14.8. The fourth-order valence-corrected chi connectivity index (χ4v) is 10.2. The normalized spacial score (nSPS) is 51.5. The number of carbonyl (C=O) groups is 1. The third-order valence-electron chi connectivity index (χ3n) is 12.7. The molecule has 3 N–H and O–H groups in total. The molecule has 0 radical (unpaired) electrons. The second kappa shape index (κ2) is 7.93. The van der Waals surface area contributed by atoms with Gasteiger partial charge in [-0.1, -0.05) is 64.8 Å². The van der Waals surface area contributed by atoms with Crippen molar-refractivity contribution in [2.24, 2.45) is 44.3 Å². The van der Waals surface area contributed by atoms with Crippen LogP contribution in [0.4, 0.5) is 0 Å². The summed E-state index contributed by atoms with van der Waals surface area (Å²) >= 11 is 0. The SMILES string of the molecule is COC(=O)[C@@]12CCC(C)(C)C[C@H]1C1=CC[C@@H]3[C@@]4(C)C[C@@H](O)[C@H](O)[C@@](C)(CO)C4=CC[C@]3(C)[C@]1(C)CC2. The number of hydrogen-bond acceptors (Lipinski definition) is 5. The van der Waals surface area contributed by atoms with E-state index in [0.717, 1.165) is 50.5 Å². The first kappa shape index (κ1) is 26.4. The molecule has 0 heterocycles. The van der Waals surface area contributed by atoms with Gasteiger partial charge in [0, 0.05) is 5.41 Å². The molecule has 0 aromatic rings. The quantitative estimate of drug-likeness (QED) is 0.359. The van der Waals surface area contributed by atoms with E-state index in [4.69, 9.17) is 4.74 Å². The molecule has 5 aliphatic rings. The van der Waals surface area contributed by atoms with Gasteiger partial charge >= 0.3 is 5.97 Å². The zero-order valence-electron chi connectivity index (χ0n) is 23.5. The highest BCUT2D eigenvalue weighted by molar-refractivity contribution is 5.78. The molecule has 3 fully saturated rings. The molecule has 3 saturated carbocycles. The topological polar surface area (TPSA) is 87.0 Å². The number of hydrogen-bond donors (Lipinski definition) is 3. The van der Waals surface area contributed by atoms with Gasteiger partial charge in [0.2, 0.25) is 0 Å². The first-order valence-electron chi connectivity index (χ1n) is 14.1. The molecule has 5 rings (SSSR count). The van der Waals surface area contributed by atoms with Gasteiger partial charge in [-0.3, -0.25) is 4.79 Å². The predicted octanol–water partition coefficient (Wildman–Crippen LogP) is 5.19. The lowest BCUT2D eigenvalue weighted by Crippen LogP contribution is -2.64. The van der Waals surface area contributed by atoms with E-state index in [0.29, 0.717) is 6.42 Å².